The van der Waals surface area contributed by atoms with Crippen molar-refractivity contribution in [3.8, 4) is 11.1 Å². The quantitative estimate of drug-likeness (QED) is 0.334. The summed E-state index contributed by atoms with van der Waals surface area (Å²) in [6.45, 7) is 0. The summed E-state index contributed by atoms with van der Waals surface area (Å²) >= 11 is 11.7. The largest absolute Gasteiger partial charge is 0.229 e. The highest BCUT2D eigenvalue weighted by atomic mass is 79.9. The molecule has 0 fully saturated rings. The van der Waals surface area contributed by atoms with Crippen molar-refractivity contribution in [2.75, 3.05) is 0 Å². The maximum Gasteiger partial charge on any atom is 0.141 e. The summed E-state index contributed by atoms with van der Waals surface area (Å²) in [6.07, 6.45) is 1.51. The lowest BCUT2D eigenvalue weighted by Crippen LogP contribution is -1.92. The molecule has 0 spiro atoms. The van der Waals surface area contributed by atoms with Gasteiger partial charge in [0.25, 0.3) is 0 Å². The van der Waals surface area contributed by atoms with E-state index in [9.17, 15) is 0 Å². The summed E-state index contributed by atoms with van der Waals surface area (Å²) < 4.78 is 1.05. The van der Waals surface area contributed by atoms with Gasteiger partial charge in [-0.2, -0.15) is 0 Å². The van der Waals surface area contributed by atoms with E-state index in [1.807, 2.05) is 36.4 Å². The van der Waals surface area contributed by atoms with Gasteiger partial charge in [-0.1, -0.05) is 87.8 Å². The van der Waals surface area contributed by atoms with Crippen molar-refractivity contribution in [3.63, 3.8) is 0 Å². The second-order valence-corrected chi connectivity index (χ2v) is 7.67. The molecule has 3 aromatic carbocycles. The fourth-order valence-electron chi connectivity index (χ4n) is 2.73. The molecule has 1 heterocycles. The highest BCUT2D eigenvalue weighted by molar-refractivity contribution is 9.10. The van der Waals surface area contributed by atoms with Crippen LogP contribution in [0.15, 0.2) is 87.5 Å². The summed E-state index contributed by atoms with van der Waals surface area (Å²) in [7, 11) is 0. The molecule has 1 aromatic heterocycles. The van der Waals surface area contributed by atoms with E-state index in [0.717, 1.165) is 36.3 Å². The van der Waals surface area contributed by atoms with Crippen molar-refractivity contribution in [1.82, 2.24) is 9.97 Å². The monoisotopic (exact) mass is 426 g/mol. The Hall–Kier alpha value is -1.88. The molecule has 0 amide bonds. The molecule has 0 unspecified atom stereocenters. The first-order valence-corrected chi connectivity index (χ1v) is 9.64. The molecular weight excluding hydrogens is 416 g/mol. The lowest BCUT2D eigenvalue weighted by Gasteiger charge is -2.13. The van der Waals surface area contributed by atoms with Crippen LogP contribution < -0.4 is 0 Å². The molecule has 4 rings (SSSR count). The molecule has 0 aliphatic carbocycles. The number of fused-ring (bicyclic) bond motifs is 1. The molecule has 0 saturated carbocycles. The van der Waals surface area contributed by atoms with Gasteiger partial charge in [0.1, 0.15) is 16.5 Å². The van der Waals surface area contributed by atoms with Gasteiger partial charge in [-0.15, -0.1) is 0 Å². The summed E-state index contributed by atoms with van der Waals surface area (Å²) in [6, 6.07) is 22.5. The molecule has 0 aliphatic rings. The Balaban J connectivity index is 1.93. The summed E-state index contributed by atoms with van der Waals surface area (Å²) in [4.78, 5) is 9.82. The number of halogens is 2. The Labute approximate surface area is 163 Å². The molecule has 0 N–H and O–H groups in total. The molecule has 4 aromatic rings. The van der Waals surface area contributed by atoms with Crippen LogP contribution in [-0.4, -0.2) is 9.97 Å². The first kappa shape index (κ1) is 16.6. The highest BCUT2D eigenvalue weighted by Gasteiger charge is 2.16. The Morgan fingerprint density at radius 2 is 1.52 bits per heavy atom. The van der Waals surface area contributed by atoms with Crippen LogP contribution in [0.3, 0.4) is 0 Å². The molecule has 0 radical (unpaired) electrons. The number of hydrogen-bond donors (Lipinski definition) is 0. The van der Waals surface area contributed by atoms with E-state index < -0.39 is 0 Å². The van der Waals surface area contributed by atoms with Crippen LogP contribution in [0, 0.1) is 0 Å². The van der Waals surface area contributed by atoms with E-state index in [1.54, 1.807) is 11.8 Å². The van der Waals surface area contributed by atoms with Gasteiger partial charge < -0.3 is 0 Å². The number of aromatic nitrogens is 2. The van der Waals surface area contributed by atoms with Gasteiger partial charge in [0.15, 0.2) is 0 Å². The number of rotatable bonds is 3. The van der Waals surface area contributed by atoms with Crippen LogP contribution in [0.1, 0.15) is 0 Å². The fourth-order valence-corrected chi connectivity index (χ4v) is 4.43. The SMILES string of the molecule is Clc1ncnc(Sc2ccccc2)c1-c1ccc(Br)c2ccccc12. The topological polar surface area (TPSA) is 25.8 Å². The maximum absolute atomic E-state index is 6.49. The summed E-state index contributed by atoms with van der Waals surface area (Å²) in [5, 5.41) is 3.55. The van der Waals surface area contributed by atoms with Crippen LogP contribution in [0.2, 0.25) is 5.15 Å². The summed E-state index contributed by atoms with van der Waals surface area (Å²) in [5.74, 6) is 0. The van der Waals surface area contributed by atoms with Gasteiger partial charge >= 0.3 is 0 Å². The van der Waals surface area contributed by atoms with Crippen molar-refractivity contribution >= 4 is 50.1 Å². The van der Waals surface area contributed by atoms with Crippen LogP contribution in [0.4, 0.5) is 0 Å². The lowest BCUT2D eigenvalue weighted by molar-refractivity contribution is 1.05. The first-order valence-electron chi connectivity index (χ1n) is 7.65. The zero-order valence-corrected chi connectivity index (χ0v) is 16.1. The second-order valence-electron chi connectivity index (χ2n) is 5.40. The van der Waals surface area contributed by atoms with Crippen LogP contribution in [0.25, 0.3) is 21.9 Å². The standard InChI is InChI=1S/C20H12BrClN2S/c21-17-11-10-16(14-8-4-5-9-15(14)17)18-19(22)23-12-24-20(18)25-13-6-2-1-3-7-13/h1-12H. The van der Waals surface area contributed by atoms with Crippen molar-refractivity contribution in [3.05, 3.63) is 82.7 Å². The third kappa shape index (κ3) is 3.30. The van der Waals surface area contributed by atoms with E-state index in [-0.39, 0.29) is 0 Å². The third-order valence-electron chi connectivity index (χ3n) is 3.86. The van der Waals surface area contributed by atoms with E-state index in [1.165, 1.54) is 6.33 Å². The van der Waals surface area contributed by atoms with Gasteiger partial charge in [-0.3, -0.25) is 0 Å². The van der Waals surface area contributed by atoms with E-state index in [4.69, 9.17) is 11.6 Å². The Morgan fingerprint density at radius 3 is 2.32 bits per heavy atom. The van der Waals surface area contributed by atoms with Crippen molar-refractivity contribution in [2.24, 2.45) is 0 Å². The molecule has 2 nitrogen and oxygen atoms in total. The molecule has 122 valence electrons. The smallest absolute Gasteiger partial charge is 0.141 e. The predicted molar refractivity (Wildman–Crippen MR) is 108 cm³/mol. The van der Waals surface area contributed by atoms with Crippen molar-refractivity contribution in [1.29, 1.82) is 0 Å². The van der Waals surface area contributed by atoms with Crippen LogP contribution >= 0.6 is 39.3 Å². The molecule has 0 bridgehead atoms. The van der Waals surface area contributed by atoms with Gasteiger partial charge in [-0.05, 0) is 34.5 Å². The fraction of sp³-hybridized carbons (Fsp3) is 0. The minimum absolute atomic E-state index is 0.459. The molecule has 5 heteroatoms. The molecule has 25 heavy (non-hydrogen) atoms. The first-order chi connectivity index (χ1) is 12.2. The van der Waals surface area contributed by atoms with Crippen LogP contribution in [0.5, 0.6) is 0 Å². The average Bonchev–Trinajstić information content (AvgIpc) is 2.64. The minimum atomic E-state index is 0.459. The molecular formula is C20H12BrClN2S. The zero-order chi connectivity index (χ0) is 17.2. The van der Waals surface area contributed by atoms with Crippen LogP contribution in [-0.2, 0) is 0 Å². The molecule has 0 atom stereocenters. The Kier molecular flexibility index (Phi) is 4.75. The summed E-state index contributed by atoms with van der Waals surface area (Å²) in [5.41, 5.74) is 1.89. The van der Waals surface area contributed by atoms with Gasteiger partial charge in [0.2, 0.25) is 0 Å². The Bertz CT molecular complexity index is 1050. The Morgan fingerprint density at radius 1 is 0.800 bits per heavy atom. The molecule has 0 saturated heterocycles. The third-order valence-corrected chi connectivity index (χ3v) is 5.85. The highest BCUT2D eigenvalue weighted by Crippen LogP contribution is 2.41. The predicted octanol–water partition coefficient (Wildman–Crippen LogP) is 6.86. The minimum Gasteiger partial charge on any atom is -0.229 e. The zero-order valence-electron chi connectivity index (χ0n) is 13.0. The number of hydrogen-bond acceptors (Lipinski definition) is 3. The number of nitrogens with zero attached hydrogens (tertiary/aromatic N) is 2. The van der Waals surface area contributed by atoms with E-state index in [0.29, 0.717) is 5.15 Å². The normalized spacial score (nSPS) is 11.0. The van der Waals surface area contributed by atoms with Crippen molar-refractivity contribution in [2.45, 2.75) is 9.92 Å². The maximum atomic E-state index is 6.49. The molecule has 0 aliphatic heterocycles. The van der Waals surface area contributed by atoms with Gasteiger partial charge in [0.05, 0.1) is 5.56 Å². The second kappa shape index (κ2) is 7.16. The van der Waals surface area contributed by atoms with Gasteiger partial charge in [-0.25, -0.2) is 9.97 Å². The number of benzene rings is 3. The van der Waals surface area contributed by atoms with E-state index >= 15 is 0 Å². The lowest BCUT2D eigenvalue weighted by atomic mass is 10.0. The van der Waals surface area contributed by atoms with E-state index in [2.05, 4.69) is 56.2 Å². The van der Waals surface area contributed by atoms with Gasteiger partial charge in [0, 0.05) is 9.37 Å². The average molecular weight is 428 g/mol. The van der Waals surface area contributed by atoms with Crippen molar-refractivity contribution < 1.29 is 0 Å².